The number of fused-ring (bicyclic) bond motifs is 1. The van der Waals surface area contributed by atoms with Crippen LogP contribution in [0, 0.1) is 0 Å². The van der Waals surface area contributed by atoms with Crippen molar-refractivity contribution in [3.63, 3.8) is 0 Å². The maximum Gasteiger partial charge on any atom is 0.241 e. The van der Waals surface area contributed by atoms with Gasteiger partial charge in [-0.3, -0.25) is 0 Å². The first-order valence-electron chi connectivity index (χ1n) is 6.86. The van der Waals surface area contributed by atoms with Crippen molar-refractivity contribution in [2.24, 2.45) is 0 Å². The van der Waals surface area contributed by atoms with Crippen molar-refractivity contribution < 1.29 is 13.2 Å². The lowest BCUT2D eigenvalue weighted by atomic mass is 10.1. The molecule has 1 aliphatic rings. The maximum atomic E-state index is 12.5. The van der Waals surface area contributed by atoms with E-state index in [1.54, 1.807) is 24.3 Å². The average Bonchev–Trinajstić information content (AvgIpc) is 2.98. The Morgan fingerprint density at radius 3 is 2.71 bits per heavy atom. The number of hydrogen-bond donors (Lipinski definition) is 1. The second-order valence-corrected chi connectivity index (χ2v) is 7.22. The van der Waals surface area contributed by atoms with E-state index in [2.05, 4.69) is 4.72 Å². The first kappa shape index (κ1) is 14.8. The summed E-state index contributed by atoms with van der Waals surface area (Å²) in [5.41, 5.74) is 0. The molecule has 1 atom stereocenters. The second kappa shape index (κ2) is 5.93. The Labute approximate surface area is 129 Å². The molecule has 0 radical (unpaired) electrons. The van der Waals surface area contributed by atoms with Crippen molar-refractivity contribution in [1.29, 1.82) is 0 Å². The summed E-state index contributed by atoms with van der Waals surface area (Å²) in [6, 6.07) is 10.5. The number of halogens is 1. The molecule has 0 aliphatic carbocycles. The van der Waals surface area contributed by atoms with Crippen LogP contribution in [0.25, 0.3) is 10.8 Å². The molecule has 0 spiro atoms. The average molecular weight is 326 g/mol. The van der Waals surface area contributed by atoms with Crippen LogP contribution in [-0.4, -0.2) is 27.7 Å². The Morgan fingerprint density at radius 2 is 2.00 bits per heavy atom. The number of nitrogens with one attached hydrogen (secondary N) is 1. The van der Waals surface area contributed by atoms with Gasteiger partial charge in [0.15, 0.2) is 0 Å². The van der Waals surface area contributed by atoms with Gasteiger partial charge in [0.2, 0.25) is 10.0 Å². The monoisotopic (exact) mass is 325 g/mol. The molecule has 3 rings (SSSR count). The minimum Gasteiger partial charge on any atom is -0.377 e. The zero-order chi connectivity index (χ0) is 14.9. The predicted molar refractivity (Wildman–Crippen MR) is 83.1 cm³/mol. The topological polar surface area (TPSA) is 55.4 Å². The molecule has 112 valence electrons. The largest absolute Gasteiger partial charge is 0.377 e. The molecule has 21 heavy (non-hydrogen) atoms. The van der Waals surface area contributed by atoms with Gasteiger partial charge in [-0.2, -0.15) is 0 Å². The molecule has 1 aliphatic heterocycles. The van der Waals surface area contributed by atoms with Gasteiger partial charge in [0.25, 0.3) is 0 Å². The summed E-state index contributed by atoms with van der Waals surface area (Å²) in [4.78, 5) is 0.212. The molecule has 0 saturated carbocycles. The van der Waals surface area contributed by atoms with E-state index in [1.165, 1.54) is 0 Å². The Balaban J connectivity index is 1.94. The summed E-state index contributed by atoms with van der Waals surface area (Å²) in [5, 5.41) is 1.80. The zero-order valence-electron chi connectivity index (χ0n) is 11.4. The lowest BCUT2D eigenvalue weighted by molar-refractivity contribution is 0.114. The van der Waals surface area contributed by atoms with Crippen LogP contribution in [0.4, 0.5) is 0 Å². The molecule has 0 bridgehead atoms. The van der Waals surface area contributed by atoms with Gasteiger partial charge in [-0.25, -0.2) is 13.1 Å². The van der Waals surface area contributed by atoms with Gasteiger partial charge >= 0.3 is 0 Å². The van der Waals surface area contributed by atoms with Gasteiger partial charge in [0.1, 0.15) is 0 Å². The van der Waals surface area contributed by atoms with Crippen LogP contribution in [0.3, 0.4) is 0 Å². The van der Waals surface area contributed by atoms with Crippen molar-refractivity contribution in [3.05, 3.63) is 41.4 Å². The van der Waals surface area contributed by atoms with Gasteiger partial charge < -0.3 is 4.74 Å². The molecule has 1 unspecified atom stereocenters. The number of benzene rings is 2. The highest BCUT2D eigenvalue weighted by molar-refractivity contribution is 7.89. The van der Waals surface area contributed by atoms with Crippen molar-refractivity contribution in [3.8, 4) is 0 Å². The van der Waals surface area contributed by atoms with E-state index >= 15 is 0 Å². The van der Waals surface area contributed by atoms with Crippen LogP contribution in [0.2, 0.25) is 5.02 Å². The molecule has 1 heterocycles. The lowest BCUT2D eigenvalue weighted by Gasteiger charge is -2.13. The fourth-order valence-corrected chi connectivity index (χ4v) is 4.23. The standard InChI is InChI=1S/C15H16ClNO3S/c16-13-7-1-4-11-5-2-8-14(15(11)13)21(18,19)17-10-12-6-3-9-20-12/h1-2,4-5,7-8,12,17H,3,6,9-10H2. The minimum absolute atomic E-state index is 0.0368. The van der Waals surface area contributed by atoms with Gasteiger partial charge in [-0.1, -0.05) is 35.9 Å². The Bertz CT molecular complexity index is 749. The molecule has 2 aromatic carbocycles. The van der Waals surface area contributed by atoms with E-state index in [4.69, 9.17) is 16.3 Å². The second-order valence-electron chi connectivity index (χ2n) is 5.08. The molecule has 2 aromatic rings. The quantitative estimate of drug-likeness (QED) is 0.940. The van der Waals surface area contributed by atoms with Crippen molar-refractivity contribution >= 4 is 32.4 Å². The normalized spacial score (nSPS) is 19.2. The number of rotatable bonds is 4. The third kappa shape index (κ3) is 3.06. The van der Waals surface area contributed by atoms with E-state index in [9.17, 15) is 8.42 Å². The zero-order valence-corrected chi connectivity index (χ0v) is 13.0. The maximum absolute atomic E-state index is 12.5. The fraction of sp³-hybridized carbons (Fsp3) is 0.333. The first-order chi connectivity index (χ1) is 10.1. The summed E-state index contributed by atoms with van der Waals surface area (Å²) >= 11 is 6.18. The summed E-state index contributed by atoms with van der Waals surface area (Å²) in [6.07, 6.45) is 1.83. The van der Waals surface area contributed by atoms with E-state index in [-0.39, 0.29) is 11.0 Å². The summed E-state index contributed by atoms with van der Waals surface area (Å²) in [7, 11) is -3.61. The van der Waals surface area contributed by atoms with Crippen LogP contribution in [0.1, 0.15) is 12.8 Å². The van der Waals surface area contributed by atoms with Crippen LogP contribution >= 0.6 is 11.6 Å². The summed E-state index contributed by atoms with van der Waals surface area (Å²) in [6.45, 7) is 0.996. The highest BCUT2D eigenvalue weighted by atomic mass is 35.5. The van der Waals surface area contributed by atoms with Gasteiger partial charge in [-0.15, -0.1) is 0 Å². The van der Waals surface area contributed by atoms with Gasteiger partial charge in [0.05, 0.1) is 11.0 Å². The van der Waals surface area contributed by atoms with Crippen molar-refractivity contribution in [1.82, 2.24) is 4.72 Å². The molecule has 1 saturated heterocycles. The summed E-state index contributed by atoms with van der Waals surface area (Å²) < 4.78 is 33.1. The van der Waals surface area contributed by atoms with E-state index in [0.717, 1.165) is 18.2 Å². The molecule has 1 N–H and O–H groups in total. The van der Waals surface area contributed by atoms with Gasteiger partial charge in [-0.05, 0) is 30.4 Å². The fourth-order valence-electron chi connectivity index (χ4n) is 2.57. The third-order valence-electron chi connectivity index (χ3n) is 3.63. The minimum atomic E-state index is -3.61. The van der Waals surface area contributed by atoms with Crippen LogP contribution in [-0.2, 0) is 14.8 Å². The van der Waals surface area contributed by atoms with Crippen LogP contribution in [0.15, 0.2) is 41.3 Å². The molecule has 1 fully saturated rings. The molecular weight excluding hydrogens is 310 g/mol. The number of ether oxygens (including phenoxy) is 1. The number of hydrogen-bond acceptors (Lipinski definition) is 3. The number of sulfonamides is 1. The molecule has 4 nitrogen and oxygen atoms in total. The van der Waals surface area contributed by atoms with E-state index in [1.807, 2.05) is 12.1 Å². The molecule has 0 amide bonds. The highest BCUT2D eigenvalue weighted by Crippen LogP contribution is 2.29. The first-order valence-corrected chi connectivity index (χ1v) is 8.72. The predicted octanol–water partition coefficient (Wildman–Crippen LogP) is 2.95. The molecule has 6 heteroatoms. The van der Waals surface area contributed by atoms with Crippen molar-refractivity contribution in [2.75, 3.05) is 13.2 Å². The van der Waals surface area contributed by atoms with Crippen molar-refractivity contribution in [2.45, 2.75) is 23.8 Å². The lowest BCUT2D eigenvalue weighted by Crippen LogP contribution is -2.31. The smallest absolute Gasteiger partial charge is 0.241 e. The molecular formula is C15H16ClNO3S. The van der Waals surface area contributed by atoms with Crippen LogP contribution in [0.5, 0.6) is 0 Å². The van der Waals surface area contributed by atoms with E-state index in [0.29, 0.717) is 23.6 Å². The third-order valence-corrected chi connectivity index (χ3v) is 5.41. The SMILES string of the molecule is O=S(=O)(NCC1CCCO1)c1cccc2cccc(Cl)c12. The van der Waals surface area contributed by atoms with Gasteiger partial charge in [0, 0.05) is 23.6 Å². The van der Waals surface area contributed by atoms with E-state index < -0.39 is 10.0 Å². The Kier molecular flexibility index (Phi) is 4.17. The Morgan fingerprint density at radius 1 is 1.24 bits per heavy atom. The van der Waals surface area contributed by atoms with Crippen LogP contribution < -0.4 is 4.72 Å². The Hall–Kier alpha value is -1.14. The highest BCUT2D eigenvalue weighted by Gasteiger charge is 2.22. The summed E-state index contributed by atoms with van der Waals surface area (Å²) in [5.74, 6) is 0. The molecule has 0 aromatic heterocycles.